The van der Waals surface area contributed by atoms with E-state index in [4.69, 9.17) is 15.5 Å². The van der Waals surface area contributed by atoms with Gasteiger partial charge < -0.3 is 15.5 Å². The number of aromatic amines is 1. The van der Waals surface area contributed by atoms with E-state index in [2.05, 4.69) is 31.9 Å². The lowest BCUT2D eigenvalue weighted by Crippen LogP contribution is -2.23. The summed E-state index contributed by atoms with van der Waals surface area (Å²) in [5.41, 5.74) is 8.09. The normalized spacial score (nSPS) is 20.8. The summed E-state index contributed by atoms with van der Waals surface area (Å²) in [6.45, 7) is 5.78. The molecule has 2 fully saturated rings. The standard InChI is InChI=1S/C27H30N8O3/c1-16-13-34(15-23-29-10-19(11-30-23)17-2-4-18(5-3-17)24(28)36)14-22(16)25-32-26-21(27(37)33-25)12-31-35(26)20-6-8-38-9-7-20/h2-5,10-12,16,20,22H,6-9,13-15H2,1H3,(H2,28,36)(H,32,33,37). The maximum Gasteiger partial charge on any atom is 0.262 e. The summed E-state index contributed by atoms with van der Waals surface area (Å²) in [6, 6.07) is 7.27. The highest BCUT2D eigenvalue weighted by atomic mass is 16.5. The molecule has 0 saturated carbocycles. The average Bonchev–Trinajstić information content (AvgIpc) is 3.53. The highest BCUT2D eigenvalue weighted by molar-refractivity contribution is 5.93. The van der Waals surface area contributed by atoms with Gasteiger partial charge in [0.05, 0.1) is 18.8 Å². The number of benzene rings is 1. The Balaban J connectivity index is 1.17. The number of carbonyl (C=O) groups is 1. The number of likely N-dealkylation sites (tertiary alicyclic amines) is 1. The van der Waals surface area contributed by atoms with E-state index >= 15 is 0 Å². The van der Waals surface area contributed by atoms with E-state index in [0.29, 0.717) is 48.1 Å². The van der Waals surface area contributed by atoms with Crippen LogP contribution in [0.1, 0.15) is 53.7 Å². The quantitative estimate of drug-likeness (QED) is 0.399. The molecule has 3 N–H and O–H groups in total. The summed E-state index contributed by atoms with van der Waals surface area (Å²) in [7, 11) is 0. The predicted octanol–water partition coefficient (Wildman–Crippen LogP) is 2.26. The first-order chi connectivity index (χ1) is 18.5. The molecule has 4 aromatic rings. The number of aromatic nitrogens is 6. The number of hydrogen-bond acceptors (Lipinski definition) is 8. The van der Waals surface area contributed by atoms with Gasteiger partial charge in [-0.1, -0.05) is 19.1 Å². The van der Waals surface area contributed by atoms with Gasteiger partial charge >= 0.3 is 0 Å². The minimum absolute atomic E-state index is 0.0909. The van der Waals surface area contributed by atoms with E-state index in [1.807, 2.05) is 16.8 Å². The molecule has 196 valence electrons. The van der Waals surface area contributed by atoms with Gasteiger partial charge in [0.25, 0.3) is 5.56 Å². The molecule has 2 atom stereocenters. The number of carbonyl (C=O) groups excluding carboxylic acids is 1. The van der Waals surface area contributed by atoms with Crippen molar-refractivity contribution >= 4 is 16.9 Å². The fourth-order valence-electron chi connectivity index (χ4n) is 5.49. The number of nitrogens with two attached hydrogens (primary N) is 1. The molecule has 5 heterocycles. The van der Waals surface area contributed by atoms with Crippen molar-refractivity contribution in [2.75, 3.05) is 26.3 Å². The van der Waals surface area contributed by atoms with Crippen molar-refractivity contribution in [1.82, 2.24) is 34.6 Å². The summed E-state index contributed by atoms with van der Waals surface area (Å²) in [5, 5.41) is 5.04. The fraction of sp³-hybridized carbons (Fsp3) is 0.407. The van der Waals surface area contributed by atoms with Crippen molar-refractivity contribution in [3.05, 3.63) is 70.4 Å². The van der Waals surface area contributed by atoms with Crippen molar-refractivity contribution in [2.45, 2.75) is 38.3 Å². The summed E-state index contributed by atoms with van der Waals surface area (Å²) in [5.74, 6) is 1.38. The third kappa shape index (κ3) is 4.70. The summed E-state index contributed by atoms with van der Waals surface area (Å²) >= 11 is 0. The van der Waals surface area contributed by atoms with Gasteiger partial charge in [-0.3, -0.25) is 14.5 Å². The lowest BCUT2D eigenvalue weighted by Gasteiger charge is -2.23. The van der Waals surface area contributed by atoms with Gasteiger partial charge in [0.1, 0.15) is 17.0 Å². The van der Waals surface area contributed by atoms with Crippen LogP contribution in [0.3, 0.4) is 0 Å². The lowest BCUT2D eigenvalue weighted by molar-refractivity contribution is 0.0673. The first-order valence-corrected chi connectivity index (χ1v) is 12.9. The Bertz CT molecular complexity index is 1510. The van der Waals surface area contributed by atoms with Crippen LogP contribution in [-0.4, -0.2) is 66.8 Å². The van der Waals surface area contributed by atoms with Crippen LogP contribution < -0.4 is 11.3 Å². The fourth-order valence-corrected chi connectivity index (χ4v) is 5.49. The van der Waals surface area contributed by atoms with E-state index in [1.165, 1.54) is 0 Å². The first-order valence-electron chi connectivity index (χ1n) is 12.9. The zero-order valence-corrected chi connectivity index (χ0v) is 21.2. The zero-order chi connectivity index (χ0) is 26.2. The van der Waals surface area contributed by atoms with Crippen LogP contribution in [-0.2, 0) is 11.3 Å². The third-order valence-electron chi connectivity index (χ3n) is 7.63. The van der Waals surface area contributed by atoms with Gasteiger partial charge in [-0.05, 0) is 36.5 Å². The molecule has 11 nitrogen and oxygen atoms in total. The van der Waals surface area contributed by atoms with E-state index in [9.17, 15) is 9.59 Å². The number of primary amides is 1. The van der Waals surface area contributed by atoms with Crippen LogP contribution in [0.2, 0.25) is 0 Å². The molecule has 38 heavy (non-hydrogen) atoms. The molecule has 1 amide bonds. The first kappa shape index (κ1) is 24.4. The van der Waals surface area contributed by atoms with E-state index in [0.717, 1.165) is 42.9 Å². The van der Waals surface area contributed by atoms with Crippen LogP contribution in [0.4, 0.5) is 0 Å². The molecular formula is C27H30N8O3. The molecular weight excluding hydrogens is 484 g/mol. The molecule has 2 aliphatic rings. The Kier molecular flexibility index (Phi) is 6.46. The number of ether oxygens (including phenoxy) is 1. The van der Waals surface area contributed by atoms with Crippen molar-refractivity contribution in [1.29, 1.82) is 0 Å². The monoisotopic (exact) mass is 514 g/mol. The van der Waals surface area contributed by atoms with Crippen LogP contribution in [0, 0.1) is 5.92 Å². The van der Waals surface area contributed by atoms with Crippen molar-refractivity contribution in [2.24, 2.45) is 11.7 Å². The summed E-state index contributed by atoms with van der Waals surface area (Å²) in [6.07, 6.45) is 6.95. The SMILES string of the molecule is CC1CN(Cc2ncc(-c3ccc(C(N)=O)cc3)cn2)CC1c1nc2c(cnn2C2CCOCC2)c(=O)[nH]1. The largest absolute Gasteiger partial charge is 0.381 e. The zero-order valence-electron chi connectivity index (χ0n) is 21.2. The highest BCUT2D eigenvalue weighted by Crippen LogP contribution is 2.32. The lowest BCUT2D eigenvalue weighted by atomic mass is 9.97. The highest BCUT2D eigenvalue weighted by Gasteiger charge is 2.33. The molecule has 0 spiro atoms. The molecule has 0 aliphatic carbocycles. The smallest absolute Gasteiger partial charge is 0.262 e. The maximum absolute atomic E-state index is 12.9. The Morgan fingerprint density at radius 2 is 1.82 bits per heavy atom. The van der Waals surface area contributed by atoms with Crippen LogP contribution in [0.5, 0.6) is 0 Å². The molecule has 6 rings (SSSR count). The van der Waals surface area contributed by atoms with Gasteiger partial charge in [-0.15, -0.1) is 0 Å². The number of amides is 1. The van der Waals surface area contributed by atoms with Crippen LogP contribution in [0.25, 0.3) is 22.2 Å². The summed E-state index contributed by atoms with van der Waals surface area (Å²) in [4.78, 5) is 43.6. The molecule has 3 aromatic heterocycles. The second-order valence-corrected chi connectivity index (χ2v) is 10.2. The van der Waals surface area contributed by atoms with Crippen molar-refractivity contribution in [3.63, 3.8) is 0 Å². The Hall–Kier alpha value is -3.96. The minimum atomic E-state index is -0.453. The molecule has 2 saturated heterocycles. The summed E-state index contributed by atoms with van der Waals surface area (Å²) < 4.78 is 7.40. The Labute approximate surface area is 219 Å². The number of rotatable bonds is 6. The second-order valence-electron chi connectivity index (χ2n) is 10.2. The van der Waals surface area contributed by atoms with Gasteiger partial charge in [0, 0.05) is 55.7 Å². The number of nitrogens with one attached hydrogen (secondary N) is 1. The van der Waals surface area contributed by atoms with Crippen molar-refractivity contribution < 1.29 is 9.53 Å². The van der Waals surface area contributed by atoms with Gasteiger partial charge in [-0.25, -0.2) is 19.6 Å². The molecule has 0 bridgehead atoms. The number of hydrogen-bond donors (Lipinski definition) is 2. The average molecular weight is 515 g/mol. The van der Waals surface area contributed by atoms with E-state index < -0.39 is 5.91 Å². The minimum Gasteiger partial charge on any atom is -0.381 e. The molecule has 2 aliphatic heterocycles. The molecule has 2 unspecified atom stereocenters. The number of fused-ring (bicyclic) bond motifs is 1. The van der Waals surface area contributed by atoms with Crippen LogP contribution >= 0.6 is 0 Å². The third-order valence-corrected chi connectivity index (χ3v) is 7.63. The van der Waals surface area contributed by atoms with Gasteiger partial charge in [-0.2, -0.15) is 5.10 Å². The molecule has 0 radical (unpaired) electrons. The second kappa shape index (κ2) is 10.1. The Morgan fingerprint density at radius 1 is 1.08 bits per heavy atom. The maximum atomic E-state index is 12.9. The Morgan fingerprint density at radius 3 is 2.53 bits per heavy atom. The molecule has 1 aromatic carbocycles. The molecule has 11 heteroatoms. The number of nitrogens with zero attached hydrogens (tertiary/aromatic N) is 6. The topological polar surface area (TPSA) is 145 Å². The van der Waals surface area contributed by atoms with Crippen LogP contribution in [0.15, 0.2) is 47.7 Å². The van der Waals surface area contributed by atoms with Crippen molar-refractivity contribution in [3.8, 4) is 11.1 Å². The van der Waals surface area contributed by atoms with Gasteiger partial charge in [0.15, 0.2) is 5.65 Å². The van der Waals surface area contributed by atoms with Gasteiger partial charge in [0.2, 0.25) is 5.91 Å². The predicted molar refractivity (Wildman–Crippen MR) is 140 cm³/mol. The van der Waals surface area contributed by atoms with E-state index in [1.54, 1.807) is 30.7 Å². The van der Waals surface area contributed by atoms with E-state index in [-0.39, 0.29) is 17.5 Å². The number of H-pyrrole nitrogens is 1.